The minimum atomic E-state index is 0.595. The van der Waals surface area contributed by atoms with Crippen molar-refractivity contribution in [1.82, 2.24) is 15.0 Å². The minimum Gasteiger partial charge on any atom is -0.357 e. The van der Waals surface area contributed by atoms with Crippen molar-refractivity contribution < 1.29 is 0 Å². The summed E-state index contributed by atoms with van der Waals surface area (Å²) in [7, 11) is 1.79. The Labute approximate surface area is 84.4 Å². The normalized spacial score (nSPS) is 9.86. The van der Waals surface area contributed by atoms with Gasteiger partial charge in [0.25, 0.3) is 0 Å². The minimum absolute atomic E-state index is 0.595. The van der Waals surface area contributed by atoms with Gasteiger partial charge in [-0.05, 0) is 6.42 Å². The molecule has 2 N–H and O–H groups in total. The number of nitrogens with one attached hydrogen (secondary N) is 2. The fourth-order valence-electron chi connectivity index (χ4n) is 1.08. The van der Waals surface area contributed by atoms with Crippen LogP contribution in [0.15, 0.2) is 6.33 Å². The molecule has 5 nitrogen and oxygen atoms in total. The molecule has 1 aromatic rings. The van der Waals surface area contributed by atoms with E-state index in [1.54, 1.807) is 7.05 Å². The van der Waals surface area contributed by atoms with Crippen LogP contribution in [0.25, 0.3) is 0 Å². The second-order valence-corrected chi connectivity index (χ2v) is 3.02. The predicted molar refractivity (Wildman–Crippen MR) is 57.4 cm³/mol. The average molecular weight is 195 g/mol. The maximum atomic E-state index is 4.14. The van der Waals surface area contributed by atoms with E-state index in [1.807, 2.05) is 0 Å². The van der Waals surface area contributed by atoms with Crippen LogP contribution in [0.1, 0.15) is 26.2 Å². The van der Waals surface area contributed by atoms with E-state index in [2.05, 4.69) is 32.5 Å². The molecule has 1 rings (SSSR count). The van der Waals surface area contributed by atoms with Gasteiger partial charge in [-0.25, -0.2) is 9.97 Å². The summed E-state index contributed by atoms with van der Waals surface area (Å²) in [6.45, 7) is 3.10. The van der Waals surface area contributed by atoms with E-state index in [-0.39, 0.29) is 0 Å². The fraction of sp³-hybridized carbons (Fsp3) is 0.667. The van der Waals surface area contributed by atoms with Crippen LogP contribution in [-0.2, 0) is 0 Å². The van der Waals surface area contributed by atoms with Crippen LogP contribution in [0.5, 0.6) is 0 Å². The molecule has 0 atom stereocenters. The number of hydrogen-bond donors (Lipinski definition) is 2. The lowest BCUT2D eigenvalue weighted by molar-refractivity contribution is 0.740. The van der Waals surface area contributed by atoms with Gasteiger partial charge in [-0.1, -0.05) is 19.8 Å². The van der Waals surface area contributed by atoms with Gasteiger partial charge >= 0.3 is 0 Å². The van der Waals surface area contributed by atoms with Gasteiger partial charge in [-0.15, -0.1) is 0 Å². The van der Waals surface area contributed by atoms with Crippen molar-refractivity contribution in [3.05, 3.63) is 6.33 Å². The number of anilines is 2. The first-order valence-electron chi connectivity index (χ1n) is 4.97. The third-order valence-electron chi connectivity index (χ3n) is 1.86. The van der Waals surface area contributed by atoms with E-state index in [0.29, 0.717) is 11.9 Å². The molecule has 14 heavy (non-hydrogen) atoms. The molecule has 0 fully saturated rings. The van der Waals surface area contributed by atoms with Crippen molar-refractivity contribution in [2.45, 2.75) is 26.2 Å². The van der Waals surface area contributed by atoms with Crippen molar-refractivity contribution in [3.63, 3.8) is 0 Å². The maximum Gasteiger partial charge on any atom is 0.227 e. The third kappa shape index (κ3) is 3.55. The first-order valence-corrected chi connectivity index (χ1v) is 4.97. The van der Waals surface area contributed by atoms with Crippen molar-refractivity contribution in [1.29, 1.82) is 0 Å². The molecule has 0 bridgehead atoms. The van der Waals surface area contributed by atoms with E-state index >= 15 is 0 Å². The average Bonchev–Trinajstić information content (AvgIpc) is 2.25. The van der Waals surface area contributed by atoms with Crippen LogP contribution >= 0.6 is 0 Å². The largest absolute Gasteiger partial charge is 0.357 e. The summed E-state index contributed by atoms with van der Waals surface area (Å²) in [4.78, 5) is 12.1. The number of nitrogens with zero attached hydrogens (tertiary/aromatic N) is 3. The van der Waals surface area contributed by atoms with Crippen LogP contribution in [0.2, 0.25) is 0 Å². The Bertz CT molecular complexity index is 263. The quantitative estimate of drug-likeness (QED) is 0.674. The Balaban J connectivity index is 2.34. The summed E-state index contributed by atoms with van der Waals surface area (Å²) in [6.07, 6.45) is 5.11. The summed E-state index contributed by atoms with van der Waals surface area (Å²) in [5, 5.41) is 6.02. The summed E-state index contributed by atoms with van der Waals surface area (Å²) in [5.41, 5.74) is 0. The number of rotatable bonds is 6. The second-order valence-electron chi connectivity index (χ2n) is 3.02. The molecule has 0 spiro atoms. The lowest BCUT2D eigenvalue weighted by atomic mass is 10.2. The Morgan fingerprint density at radius 1 is 1.21 bits per heavy atom. The van der Waals surface area contributed by atoms with Crippen molar-refractivity contribution in [3.8, 4) is 0 Å². The van der Waals surface area contributed by atoms with Crippen molar-refractivity contribution >= 4 is 11.9 Å². The molecule has 0 saturated heterocycles. The van der Waals surface area contributed by atoms with Crippen molar-refractivity contribution in [2.24, 2.45) is 0 Å². The van der Waals surface area contributed by atoms with E-state index in [0.717, 1.165) is 13.0 Å². The van der Waals surface area contributed by atoms with Gasteiger partial charge in [-0.3, -0.25) is 0 Å². The van der Waals surface area contributed by atoms with Gasteiger partial charge in [0.1, 0.15) is 6.33 Å². The second kappa shape index (κ2) is 6.12. The molecule has 78 valence electrons. The molecule has 0 unspecified atom stereocenters. The van der Waals surface area contributed by atoms with Crippen molar-refractivity contribution in [2.75, 3.05) is 24.2 Å². The van der Waals surface area contributed by atoms with E-state index in [4.69, 9.17) is 0 Å². The molecule has 1 heterocycles. The zero-order valence-corrected chi connectivity index (χ0v) is 8.75. The lowest BCUT2D eigenvalue weighted by Gasteiger charge is -2.04. The highest BCUT2D eigenvalue weighted by Crippen LogP contribution is 2.01. The van der Waals surface area contributed by atoms with Crippen LogP contribution < -0.4 is 10.6 Å². The summed E-state index contributed by atoms with van der Waals surface area (Å²) >= 11 is 0. The van der Waals surface area contributed by atoms with Gasteiger partial charge in [0, 0.05) is 13.6 Å². The Morgan fingerprint density at radius 2 is 2.00 bits per heavy atom. The highest BCUT2D eigenvalue weighted by Gasteiger charge is 1.96. The highest BCUT2D eigenvalue weighted by atomic mass is 15.2. The summed E-state index contributed by atoms with van der Waals surface area (Å²) in [5.74, 6) is 1.23. The molecule has 0 saturated carbocycles. The van der Waals surface area contributed by atoms with Gasteiger partial charge in [0.05, 0.1) is 0 Å². The van der Waals surface area contributed by atoms with Crippen LogP contribution in [0.3, 0.4) is 0 Å². The van der Waals surface area contributed by atoms with E-state index < -0.39 is 0 Å². The molecule has 5 heteroatoms. The van der Waals surface area contributed by atoms with Gasteiger partial charge < -0.3 is 10.6 Å². The zero-order valence-electron chi connectivity index (χ0n) is 8.75. The predicted octanol–water partition coefficient (Wildman–Crippen LogP) is 1.52. The third-order valence-corrected chi connectivity index (χ3v) is 1.86. The summed E-state index contributed by atoms with van der Waals surface area (Å²) < 4.78 is 0. The Morgan fingerprint density at radius 3 is 2.71 bits per heavy atom. The molecular formula is C9H17N5. The Hall–Kier alpha value is -1.39. The smallest absolute Gasteiger partial charge is 0.227 e. The number of unbranched alkanes of at least 4 members (excludes halogenated alkanes) is 2. The van der Waals surface area contributed by atoms with Crippen LogP contribution in [0.4, 0.5) is 11.9 Å². The topological polar surface area (TPSA) is 62.7 Å². The van der Waals surface area contributed by atoms with Gasteiger partial charge in [0.2, 0.25) is 11.9 Å². The van der Waals surface area contributed by atoms with E-state index in [1.165, 1.54) is 19.2 Å². The zero-order chi connectivity index (χ0) is 10.2. The molecule has 0 amide bonds. The number of aromatic nitrogens is 3. The fourth-order valence-corrected chi connectivity index (χ4v) is 1.08. The molecule has 0 aliphatic heterocycles. The SMILES string of the molecule is CCCCCNc1ncnc(NC)n1. The monoisotopic (exact) mass is 195 g/mol. The van der Waals surface area contributed by atoms with Gasteiger partial charge in [-0.2, -0.15) is 4.98 Å². The standard InChI is InChI=1S/C9H17N5/c1-3-4-5-6-11-9-13-7-12-8(10-2)14-9/h7H,3-6H2,1-2H3,(H2,10,11,12,13,14). The molecular weight excluding hydrogens is 178 g/mol. The first kappa shape index (κ1) is 10.7. The molecule has 0 aromatic carbocycles. The number of hydrogen-bond acceptors (Lipinski definition) is 5. The van der Waals surface area contributed by atoms with Crippen LogP contribution in [-0.4, -0.2) is 28.5 Å². The highest BCUT2D eigenvalue weighted by molar-refractivity contribution is 5.31. The van der Waals surface area contributed by atoms with Gasteiger partial charge in [0.15, 0.2) is 0 Å². The van der Waals surface area contributed by atoms with Crippen LogP contribution in [0, 0.1) is 0 Å². The lowest BCUT2D eigenvalue weighted by Crippen LogP contribution is -2.07. The first-order chi connectivity index (χ1) is 6.86. The Kier molecular flexibility index (Phi) is 4.68. The van der Waals surface area contributed by atoms with E-state index in [9.17, 15) is 0 Å². The molecule has 0 aliphatic rings. The molecule has 0 radical (unpaired) electrons. The molecule has 0 aliphatic carbocycles. The maximum absolute atomic E-state index is 4.14. The summed E-state index contributed by atoms with van der Waals surface area (Å²) in [6, 6.07) is 0. The molecule has 1 aromatic heterocycles.